The van der Waals surface area contributed by atoms with Crippen LogP contribution >= 0.6 is 35.1 Å². The van der Waals surface area contributed by atoms with Crippen LogP contribution in [0.1, 0.15) is 18.9 Å². The number of rotatable bonds is 3. The SMILES string of the molecule is CCC(SN)(c1cc(Cl)c(F)c(Cl)c1)C(F)(F)F. The van der Waals surface area contributed by atoms with E-state index in [-0.39, 0.29) is 23.9 Å². The predicted octanol–water partition coefficient (Wildman–Crippen LogP) is 4.91. The first-order valence-corrected chi connectivity index (χ1v) is 6.42. The second-order valence-electron chi connectivity index (χ2n) is 3.55. The molecule has 18 heavy (non-hydrogen) atoms. The average molecular weight is 322 g/mol. The molecule has 1 atom stereocenters. The Kier molecular flexibility index (Phi) is 4.81. The highest BCUT2D eigenvalue weighted by Crippen LogP contribution is 2.50. The highest BCUT2D eigenvalue weighted by molar-refractivity contribution is 7.98. The van der Waals surface area contributed by atoms with Crippen LogP contribution in [0.4, 0.5) is 17.6 Å². The Morgan fingerprint density at radius 1 is 1.22 bits per heavy atom. The summed E-state index contributed by atoms with van der Waals surface area (Å²) in [6.07, 6.45) is -4.93. The van der Waals surface area contributed by atoms with Crippen molar-refractivity contribution in [1.29, 1.82) is 0 Å². The third kappa shape index (κ3) is 2.57. The lowest BCUT2D eigenvalue weighted by Crippen LogP contribution is -2.40. The number of halogens is 6. The standard InChI is InChI=1S/C10H9Cl2F4NS/c1-2-9(18-17,10(14,15)16)5-3-6(11)8(13)7(12)4-5/h3-4H,2,17H2,1H3. The summed E-state index contributed by atoms with van der Waals surface area (Å²) < 4.78 is 50.3. The van der Waals surface area contributed by atoms with E-state index in [4.69, 9.17) is 28.3 Å². The fourth-order valence-corrected chi connectivity index (χ4v) is 2.62. The van der Waals surface area contributed by atoms with Gasteiger partial charge in [-0.2, -0.15) is 13.2 Å². The van der Waals surface area contributed by atoms with Gasteiger partial charge in [0, 0.05) is 0 Å². The lowest BCUT2D eigenvalue weighted by Gasteiger charge is -2.33. The molecule has 0 aliphatic carbocycles. The van der Waals surface area contributed by atoms with Crippen LogP contribution in [0.5, 0.6) is 0 Å². The molecular weight excluding hydrogens is 313 g/mol. The Balaban J connectivity index is 3.49. The van der Waals surface area contributed by atoms with Gasteiger partial charge >= 0.3 is 6.18 Å². The molecule has 0 saturated carbocycles. The van der Waals surface area contributed by atoms with Crippen molar-refractivity contribution in [3.63, 3.8) is 0 Å². The summed E-state index contributed by atoms with van der Waals surface area (Å²) in [5, 5.41) is 4.26. The summed E-state index contributed by atoms with van der Waals surface area (Å²) in [6, 6.07) is 1.80. The molecule has 1 rings (SSSR count). The van der Waals surface area contributed by atoms with Crippen molar-refractivity contribution in [2.75, 3.05) is 0 Å². The molecule has 0 bridgehead atoms. The van der Waals surface area contributed by atoms with Gasteiger partial charge in [0.05, 0.1) is 10.0 Å². The van der Waals surface area contributed by atoms with Crippen LogP contribution in [0, 0.1) is 5.82 Å². The Hall–Kier alpha value is -0.170. The van der Waals surface area contributed by atoms with Crippen molar-refractivity contribution in [1.82, 2.24) is 0 Å². The minimum absolute atomic E-state index is 0.136. The molecule has 0 heterocycles. The van der Waals surface area contributed by atoms with Crippen LogP contribution in [-0.4, -0.2) is 6.18 Å². The molecule has 0 aliphatic rings. The molecule has 1 aromatic carbocycles. The van der Waals surface area contributed by atoms with E-state index >= 15 is 0 Å². The van der Waals surface area contributed by atoms with Gasteiger partial charge in [-0.3, -0.25) is 5.14 Å². The van der Waals surface area contributed by atoms with Gasteiger partial charge in [-0.05, 0) is 24.1 Å². The Bertz CT molecular complexity index is 423. The van der Waals surface area contributed by atoms with Gasteiger partial charge in [-0.1, -0.05) is 42.1 Å². The number of alkyl halides is 3. The average Bonchev–Trinajstić information content (AvgIpc) is 2.26. The molecule has 0 amide bonds. The zero-order chi connectivity index (χ0) is 14.1. The predicted molar refractivity (Wildman–Crippen MR) is 66.2 cm³/mol. The molecule has 0 spiro atoms. The van der Waals surface area contributed by atoms with E-state index in [9.17, 15) is 17.6 Å². The molecule has 1 nitrogen and oxygen atoms in total. The Labute approximate surface area is 116 Å². The van der Waals surface area contributed by atoms with E-state index in [2.05, 4.69) is 0 Å². The first-order valence-electron chi connectivity index (χ1n) is 4.79. The number of benzene rings is 1. The lowest BCUT2D eigenvalue weighted by atomic mass is 9.94. The summed E-state index contributed by atoms with van der Waals surface area (Å²) in [5.74, 6) is -0.948. The third-order valence-corrected chi connectivity index (χ3v) is 4.32. The van der Waals surface area contributed by atoms with E-state index in [1.54, 1.807) is 0 Å². The molecule has 1 aromatic rings. The third-order valence-electron chi connectivity index (χ3n) is 2.61. The van der Waals surface area contributed by atoms with Crippen LogP contribution in [0.15, 0.2) is 12.1 Å². The Morgan fingerprint density at radius 2 is 1.67 bits per heavy atom. The van der Waals surface area contributed by atoms with E-state index in [0.29, 0.717) is 0 Å². The van der Waals surface area contributed by atoms with Gasteiger partial charge < -0.3 is 0 Å². The summed E-state index contributed by atoms with van der Waals surface area (Å²) >= 11 is 11.2. The molecule has 8 heteroatoms. The fourth-order valence-electron chi connectivity index (χ4n) is 1.58. The highest BCUT2D eigenvalue weighted by atomic mass is 35.5. The van der Waals surface area contributed by atoms with Crippen LogP contribution in [0.2, 0.25) is 10.0 Å². The van der Waals surface area contributed by atoms with Crippen molar-refractivity contribution < 1.29 is 17.6 Å². The summed E-state index contributed by atoms with van der Waals surface area (Å²) in [5.41, 5.74) is -0.263. The second-order valence-corrected chi connectivity index (χ2v) is 5.30. The monoisotopic (exact) mass is 321 g/mol. The second kappa shape index (κ2) is 5.45. The van der Waals surface area contributed by atoms with Crippen molar-refractivity contribution in [3.05, 3.63) is 33.6 Å². The Morgan fingerprint density at radius 3 is 1.94 bits per heavy atom. The number of hydrogen-bond acceptors (Lipinski definition) is 2. The molecule has 0 aliphatic heterocycles. The number of nitrogens with two attached hydrogens (primary N) is 1. The maximum Gasteiger partial charge on any atom is 0.408 e. The normalized spacial score (nSPS) is 15.6. The zero-order valence-electron chi connectivity index (χ0n) is 9.12. The quantitative estimate of drug-likeness (QED) is 0.486. The molecule has 0 aromatic heterocycles. The van der Waals surface area contributed by atoms with Gasteiger partial charge in [0.1, 0.15) is 0 Å². The minimum Gasteiger partial charge on any atom is -0.277 e. The smallest absolute Gasteiger partial charge is 0.277 e. The highest BCUT2D eigenvalue weighted by Gasteiger charge is 2.55. The largest absolute Gasteiger partial charge is 0.408 e. The zero-order valence-corrected chi connectivity index (χ0v) is 11.4. The molecular formula is C10H9Cl2F4NS. The van der Waals surface area contributed by atoms with E-state index in [0.717, 1.165) is 12.1 Å². The van der Waals surface area contributed by atoms with Gasteiger partial charge in [0.2, 0.25) is 0 Å². The summed E-state index contributed by atoms with van der Waals surface area (Å²) in [7, 11) is 0. The number of hydrogen-bond donors (Lipinski definition) is 1. The summed E-state index contributed by atoms with van der Waals surface area (Å²) in [6.45, 7) is 1.33. The molecule has 2 N–H and O–H groups in total. The van der Waals surface area contributed by atoms with Crippen molar-refractivity contribution in [2.24, 2.45) is 5.14 Å². The van der Waals surface area contributed by atoms with E-state index < -0.39 is 26.8 Å². The van der Waals surface area contributed by atoms with Gasteiger partial charge in [0.25, 0.3) is 0 Å². The molecule has 0 fully saturated rings. The maximum atomic E-state index is 13.2. The first-order chi connectivity index (χ1) is 8.19. The molecule has 0 radical (unpaired) electrons. The van der Waals surface area contributed by atoms with E-state index in [1.807, 2.05) is 0 Å². The maximum absolute atomic E-state index is 13.2. The van der Waals surface area contributed by atoms with Gasteiger partial charge in [-0.15, -0.1) is 0 Å². The van der Waals surface area contributed by atoms with Gasteiger partial charge in [-0.25, -0.2) is 4.39 Å². The van der Waals surface area contributed by atoms with Crippen LogP contribution in [0.3, 0.4) is 0 Å². The molecule has 1 unspecified atom stereocenters. The van der Waals surface area contributed by atoms with Gasteiger partial charge in [0.15, 0.2) is 10.6 Å². The van der Waals surface area contributed by atoms with Crippen LogP contribution in [0.25, 0.3) is 0 Å². The fraction of sp³-hybridized carbons (Fsp3) is 0.400. The van der Waals surface area contributed by atoms with Crippen molar-refractivity contribution in [2.45, 2.75) is 24.3 Å². The van der Waals surface area contributed by atoms with E-state index in [1.165, 1.54) is 6.92 Å². The van der Waals surface area contributed by atoms with Crippen molar-refractivity contribution in [3.8, 4) is 0 Å². The van der Waals surface area contributed by atoms with Crippen molar-refractivity contribution >= 4 is 35.1 Å². The lowest BCUT2D eigenvalue weighted by molar-refractivity contribution is -0.162. The van der Waals surface area contributed by atoms with Crippen LogP contribution in [-0.2, 0) is 4.75 Å². The molecule has 0 saturated heterocycles. The molecule has 102 valence electrons. The minimum atomic E-state index is -4.61. The summed E-state index contributed by atoms with van der Waals surface area (Å²) in [4.78, 5) is 0. The van der Waals surface area contributed by atoms with Crippen LogP contribution < -0.4 is 5.14 Å². The first kappa shape index (κ1) is 15.9. The topological polar surface area (TPSA) is 26.0 Å².